The molecule has 8 heteroatoms. The number of anilines is 1. The summed E-state index contributed by atoms with van der Waals surface area (Å²) in [6, 6.07) is 14.2. The minimum atomic E-state index is -0.401. The van der Waals surface area contributed by atoms with Crippen LogP contribution in [0.15, 0.2) is 53.7 Å². The average Bonchev–Trinajstić information content (AvgIpc) is 3.03. The summed E-state index contributed by atoms with van der Waals surface area (Å²) in [6.45, 7) is 3.29. The first-order chi connectivity index (χ1) is 13.3. The van der Waals surface area contributed by atoms with Gasteiger partial charge in [0.15, 0.2) is 16.8 Å². The monoisotopic (exact) mass is 414 g/mol. The van der Waals surface area contributed by atoms with Crippen molar-refractivity contribution in [3.63, 3.8) is 0 Å². The summed E-state index contributed by atoms with van der Waals surface area (Å²) in [7, 11) is 1.85. The van der Waals surface area contributed by atoms with E-state index in [-0.39, 0.29) is 11.7 Å². The van der Waals surface area contributed by atoms with Gasteiger partial charge in [0, 0.05) is 28.9 Å². The molecule has 3 rings (SSSR count). The third-order valence-corrected chi connectivity index (χ3v) is 5.51. The van der Waals surface area contributed by atoms with Crippen LogP contribution in [0.25, 0.3) is 11.4 Å². The van der Waals surface area contributed by atoms with Gasteiger partial charge in [-0.25, -0.2) is 0 Å². The van der Waals surface area contributed by atoms with Gasteiger partial charge < -0.3 is 9.88 Å². The van der Waals surface area contributed by atoms with Gasteiger partial charge >= 0.3 is 0 Å². The summed E-state index contributed by atoms with van der Waals surface area (Å²) >= 11 is 7.24. The summed E-state index contributed by atoms with van der Waals surface area (Å²) in [5.74, 6) is 0.468. The summed E-state index contributed by atoms with van der Waals surface area (Å²) in [5.41, 5.74) is 2.04. The van der Waals surface area contributed by atoms with Crippen molar-refractivity contribution in [3.8, 4) is 11.4 Å². The molecule has 1 N–H and O–H groups in total. The molecule has 6 nitrogen and oxygen atoms in total. The SMILES string of the molecule is CC(=O)c1cccc(NC(=O)[C@H](C)Sc2nnc(-c3ccc(Cl)cc3)n2C)c1. The lowest BCUT2D eigenvalue weighted by Gasteiger charge is -2.12. The molecule has 0 spiro atoms. The number of ketones is 1. The van der Waals surface area contributed by atoms with Crippen LogP contribution in [-0.2, 0) is 11.8 Å². The van der Waals surface area contributed by atoms with Gasteiger partial charge in [-0.05, 0) is 50.2 Å². The van der Waals surface area contributed by atoms with E-state index in [1.54, 1.807) is 43.3 Å². The molecule has 0 bridgehead atoms. The summed E-state index contributed by atoms with van der Waals surface area (Å²) in [6.07, 6.45) is 0. The zero-order valence-corrected chi connectivity index (χ0v) is 17.2. The smallest absolute Gasteiger partial charge is 0.237 e. The van der Waals surface area contributed by atoms with Gasteiger partial charge in [-0.2, -0.15) is 0 Å². The van der Waals surface area contributed by atoms with Crippen LogP contribution < -0.4 is 5.32 Å². The Morgan fingerprint density at radius 3 is 2.54 bits per heavy atom. The lowest BCUT2D eigenvalue weighted by Crippen LogP contribution is -2.23. The maximum absolute atomic E-state index is 12.5. The van der Waals surface area contributed by atoms with Crippen molar-refractivity contribution >= 4 is 40.7 Å². The number of carbonyl (C=O) groups excluding carboxylic acids is 2. The molecule has 2 aromatic carbocycles. The quantitative estimate of drug-likeness (QED) is 0.476. The second-order valence-corrected chi connectivity index (χ2v) is 8.00. The van der Waals surface area contributed by atoms with Gasteiger partial charge in [-0.1, -0.05) is 35.5 Å². The molecule has 3 aromatic rings. The number of hydrogen-bond donors (Lipinski definition) is 1. The number of rotatable bonds is 6. The maximum atomic E-state index is 12.5. The number of benzene rings is 2. The Hall–Kier alpha value is -2.64. The zero-order valence-electron chi connectivity index (χ0n) is 15.6. The highest BCUT2D eigenvalue weighted by molar-refractivity contribution is 8.00. The van der Waals surface area contributed by atoms with Crippen LogP contribution in [0.5, 0.6) is 0 Å². The topological polar surface area (TPSA) is 76.9 Å². The largest absolute Gasteiger partial charge is 0.325 e. The van der Waals surface area contributed by atoms with Crippen molar-refractivity contribution in [3.05, 3.63) is 59.1 Å². The Labute approximate surface area is 172 Å². The first-order valence-electron chi connectivity index (χ1n) is 8.59. The molecule has 0 unspecified atom stereocenters. The summed E-state index contributed by atoms with van der Waals surface area (Å²) < 4.78 is 1.84. The van der Waals surface area contributed by atoms with Gasteiger partial charge in [-0.3, -0.25) is 9.59 Å². The van der Waals surface area contributed by atoms with Gasteiger partial charge in [-0.15, -0.1) is 10.2 Å². The fraction of sp³-hybridized carbons (Fsp3) is 0.200. The average molecular weight is 415 g/mol. The molecule has 1 atom stereocenters. The predicted octanol–water partition coefficient (Wildman–Crippen LogP) is 4.46. The molecular weight excluding hydrogens is 396 g/mol. The summed E-state index contributed by atoms with van der Waals surface area (Å²) in [5, 5.41) is 12.1. The van der Waals surface area contributed by atoms with Crippen molar-refractivity contribution in [2.45, 2.75) is 24.3 Å². The Morgan fingerprint density at radius 1 is 1.14 bits per heavy atom. The van der Waals surface area contributed by atoms with Crippen LogP contribution >= 0.6 is 23.4 Å². The van der Waals surface area contributed by atoms with E-state index >= 15 is 0 Å². The molecule has 0 aliphatic carbocycles. The predicted molar refractivity (Wildman–Crippen MR) is 112 cm³/mol. The minimum absolute atomic E-state index is 0.0488. The Morgan fingerprint density at radius 2 is 1.86 bits per heavy atom. The van der Waals surface area contributed by atoms with Crippen molar-refractivity contribution in [1.82, 2.24) is 14.8 Å². The van der Waals surface area contributed by atoms with Gasteiger partial charge in [0.25, 0.3) is 0 Å². The Bertz CT molecular complexity index is 1020. The lowest BCUT2D eigenvalue weighted by molar-refractivity contribution is -0.115. The van der Waals surface area contributed by atoms with E-state index in [9.17, 15) is 9.59 Å². The van der Waals surface area contributed by atoms with Crippen LogP contribution in [0.3, 0.4) is 0 Å². The van der Waals surface area contributed by atoms with Crippen molar-refractivity contribution in [2.24, 2.45) is 7.05 Å². The fourth-order valence-corrected chi connectivity index (χ4v) is 3.48. The molecule has 1 aromatic heterocycles. The van der Waals surface area contributed by atoms with E-state index in [4.69, 9.17) is 11.6 Å². The second kappa shape index (κ2) is 8.58. The molecule has 0 aliphatic heterocycles. The number of nitrogens with zero attached hydrogens (tertiary/aromatic N) is 3. The van der Waals surface area contributed by atoms with Crippen molar-refractivity contribution in [2.75, 3.05) is 5.32 Å². The number of Topliss-reactive ketones (excluding diaryl/α,β-unsaturated/α-hetero) is 1. The lowest BCUT2D eigenvalue weighted by atomic mass is 10.1. The maximum Gasteiger partial charge on any atom is 0.237 e. The van der Waals surface area contributed by atoms with E-state index in [2.05, 4.69) is 15.5 Å². The highest BCUT2D eigenvalue weighted by Gasteiger charge is 2.19. The molecule has 144 valence electrons. The van der Waals surface area contributed by atoms with Gasteiger partial charge in [0.1, 0.15) is 0 Å². The standard InChI is InChI=1S/C20H19ClN4O2S/c1-12(26)15-5-4-6-17(11-15)22-19(27)13(2)28-20-24-23-18(25(20)3)14-7-9-16(21)10-8-14/h4-11,13H,1-3H3,(H,22,27)/t13-/m0/s1. The number of hydrogen-bond acceptors (Lipinski definition) is 5. The van der Waals surface area contributed by atoms with Crippen molar-refractivity contribution < 1.29 is 9.59 Å². The Kier molecular flexibility index (Phi) is 6.16. The highest BCUT2D eigenvalue weighted by Crippen LogP contribution is 2.27. The van der Waals surface area contributed by atoms with E-state index in [1.807, 2.05) is 23.7 Å². The minimum Gasteiger partial charge on any atom is -0.325 e. The fourth-order valence-electron chi connectivity index (χ4n) is 2.54. The molecule has 0 aliphatic rings. The van der Waals surface area contributed by atoms with E-state index in [1.165, 1.54) is 18.7 Å². The third-order valence-electron chi connectivity index (χ3n) is 4.13. The normalized spacial score (nSPS) is 11.9. The van der Waals surface area contributed by atoms with Crippen molar-refractivity contribution in [1.29, 1.82) is 0 Å². The van der Waals surface area contributed by atoms with E-state index < -0.39 is 5.25 Å². The number of carbonyl (C=O) groups is 2. The first-order valence-corrected chi connectivity index (χ1v) is 9.85. The summed E-state index contributed by atoms with van der Waals surface area (Å²) in [4.78, 5) is 24.0. The number of thioether (sulfide) groups is 1. The molecule has 0 saturated heterocycles. The van der Waals surface area contributed by atoms with Crippen LogP contribution in [-0.4, -0.2) is 31.7 Å². The van der Waals surface area contributed by atoms with Gasteiger partial charge in [0.2, 0.25) is 5.91 Å². The molecule has 0 radical (unpaired) electrons. The molecule has 0 saturated carbocycles. The number of aromatic nitrogens is 3. The van der Waals surface area contributed by atoms with E-state index in [0.29, 0.717) is 27.3 Å². The highest BCUT2D eigenvalue weighted by atomic mass is 35.5. The Balaban J connectivity index is 1.70. The van der Waals surface area contributed by atoms with Crippen LogP contribution in [0.2, 0.25) is 5.02 Å². The second-order valence-electron chi connectivity index (χ2n) is 6.26. The zero-order chi connectivity index (χ0) is 20.3. The molecule has 0 fully saturated rings. The first kappa shape index (κ1) is 20.1. The van der Waals surface area contributed by atoms with Crippen LogP contribution in [0, 0.1) is 0 Å². The third kappa shape index (κ3) is 4.61. The van der Waals surface area contributed by atoms with E-state index in [0.717, 1.165) is 5.56 Å². The molecule has 1 amide bonds. The molecule has 1 heterocycles. The van der Waals surface area contributed by atoms with Crippen LogP contribution in [0.4, 0.5) is 5.69 Å². The van der Waals surface area contributed by atoms with Crippen LogP contribution in [0.1, 0.15) is 24.2 Å². The molecule has 28 heavy (non-hydrogen) atoms. The van der Waals surface area contributed by atoms with Gasteiger partial charge in [0.05, 0.1) is 5.25 Å². The molecular formula is C20H19ClN4O2S. The number of amides is 1. The number of halogens is 1. The number of nitrogens with one attached hydrogen (secondary N) is 1.